The van der Waals surface area contributed by atoms with Crippen LogP contribution in [0.25, 0.3) is 0 Å². The Bertz CT molecular complexity index is 636. The fourth-order valence-electron chi connectivity index (χ4n) is 3.60. The second-order valence-electron chi connectivity index (χ2n) is 6.96. The first-order valence-corrected chi connectivity index (χ1v) is 9.01. The molecular weight excluding hydrogens is 336 g/mol. The van der Waals surface area contributed by atoms with Gasteiger partial charge in [-0.2, -0.15) is 0 Å². The molecule has 1 aliphatic rings. The lowest BCUT2D eigenvalue weighted by Crippen LogP contribution is -2.44. The van der Waals surface area contributed by atoms with E-state index in [2.05, 4.69) is 30.3 Å². The molecular formula is C19H28N2O5. The van der Waals surface area contributed by atoms with E-state index in [0.717, 1.165) is 37.9 Å². The van der Waals surface area contributed by atoms with Gasteiger partial charge in [0.25, 0.3) is 0 Å². The highest BCUT2D eigenvalue weighted by atomic mass is 16.6. The highest BCUT2D eigenvalue weighted by Gasteiger charge is 2.33. The van der Waals surface area contributed by atoms with Crippen molar-refractivity contribution >= 4 is 12.1 Å². The van der Waals surface area contributed by atoms with Crippen LogP contribution >= 0.6 is 0 Å². The number of hydrogen-bond acceptors (Lipinski definition) is 5. The van der Waals surface area contributed by atoms with Gasteiger partial charge in [0.2, 0.25) is 0 Å². The fourth-order valence-corrected chi connectivity index (χ4v) is 3.60. The Balaban J connectivity index is 2.16. The third kappa shape index (κ3) is 4.95. The fraction of sp³-hybridized carbons (Fsp3) is 0.579. The summed E-state index contributed by atoms with van der Waals surface area (Å²) in [6.07, 6.45) is 3.50. The van der Waals surface area contributed by atoms with Crippen molar-refractivity contribution in [3.8, 4) is 5.75 Å². The van der Waals surface area contributed by atoms with Crippen LogP contribution < -0.4 is 10.1 Å². The van der Waals surface area contributed by atoms with Crippen molar-refractivity contribution in [1.82, 2.24) is 10.2 Å². The third-order valence-electron chi connectivity index (χ3n) is 5.12. The molecule has 0 aliphatic carbocycles. The van der Waals surface area contributed by atoms with Gasteiger partial charge in [-0.1, -0.05) is 25.5 Å². The van der Waals surface area contributed by atoms with Gasteiger partial charge in [-0.3, -0.25) is 0 Å². The topological polar surface area (TPSA) is 99.1 Å². The quantitative estimate of drug-likeness (QED) is 0.714. The number of aliphatic carboxylic acids is 1. The van der Waals surface area contributed by atoms with E-state index < -0.39 is 24.7 Å². The van der Waals surface area contributed by atoms with Crippen LogP contribution in [-0.4, -0.2) is 60.0 Å². The molecule has 144 valence electrons. The molecule has 1 unspecified atom stereocenters. The Morgan fingerprint density at radius 1 is 1.38 bits per heavy atom. The Morgan fingerprint density at radius 3 is 2.81 bits per heavy atom. The minimum Gasteiger partial charge on any atom is -0.480 e. The highest BCUT2D eigenvalue weighted by molar-refractivity contribution is 5.80. The number of nitrogens with zero attached hydrogens (tertiary/aromatic N) is 1. The zero-order valence-electron chi connectivity index (χ0n) is 15.4. The van der Waals surface area contributed by atoms with Crippen molar-refractivity contribution in [3.05, 3.63) is 29.8 Å². The number of nitrogens with one attached hydrogen (secondary N) is 1. The lowest BCUT2D eigenvalue weighted by molar-refractivity contribution is -0.140. The Hall–Kier alpha value is -2.12. The summed E-state index contributed by atoms with van der Waals surface area (Å²) in [4.78, 5) is 25.1. The number of likely N-dealkylation sites (tertiary alicyclic amines) is 1. The maximum atomic E-state index is 11.9. The second kappa shape index (κ2) is 9.00. The van der Waals surface area contributed by atoms with E-state index >= 15 is 0 Å². The number of ether oxygens (including phenoxy) is 1. The van der Waals surface area contributed by atoms with Gasteiger partial charge < -0.3 is 25.2 Å². The van der Waals surface area contributed by atoms with Crippen molar-refractivity contribution in [2.75, 3.05) is 26.7 Å². The molecule has 0 aromatic heterocycles. The standard InChI is InChI=1S/C19H28N2O5/c1-3-19(9-4-5-10-21(2)13-19)14-7-6-8-15(11-14)26-18(25)20-16(12-22)17(23)24/h6-8,11,16,22H,3-5,9-10,12-13H2,1-2H3,(H,20,25)(H,23,24)/t16-,19?/m0/s1. The second-order valence-corrected chi connectivity index (χ2v) is 6.96. The monoisotopic (exact) mass is 364 g/mol. The van der Waals surface area contributed by atoms with Crippen LogP contribution in [0.1, 0.15) is 38.2 Å². The maximum Gasteiger partial charge on any atom is 0.413 e. The van der Waals surface area contributed by atoms with E-state index in [1.807, 2.05) is 12.1 Å². The highest BCUT2D eigenvalue weighted by Crippen LogP contribution is 2.37. The Kier molecular flexibility index (Phi) is 6.99. The lowest BCUT2D eigenvalue weighted by atomic mass is 9.74. The van der Waals surface area contributed by atoms with Gasteiger partial charge in [-0.05, 0) is 50.6 Å². The number of amides is 1. The summed E-state index contributed by atoms with van der Waals surface area (Å²) in [5.41, 5.74) is 1.13. The van der Waals surface area contributed by atoms with Crippen LogP contribution in [-0.2, 0) is 10.2 Å². The zero-order valence-corrected chi connectivity index (χ0v) is 15.4. The van der Waals surface area contributed by atoms with Crippen LogP contribution in [0.15, 0.2) is 24.3 Å². The molecule has 7 heteroatoms. The van der Waals surface area contributed by atoms with Crippen LogP contribution in [0.5, 0.6) is 5.75 Å². The van der Waals surface area contributed by atoms with Gasteiger partial charge in [0.1, 0.15) is 5.75 Å². The summed E-state index contributed by atoms with van der Waals surface area (Å²) >= 11 is 0. The van der Waals surface area contributed by atoms with Gasteiger partial charge in [0.15, 0.2) is 6.04 Å². The van der Waals surface area contributed by atoms with E-state index in [9.17, 15) is 9.59 Å². The third-order valence-corrected chi connectivity index (χ3v) is 5.12. The number of benzene rings is 1. The Labute approximate surface area is 154 Å². The zero-order chi connectivity index (χ0) is 19.2. The molecule has 2 rings (SSSR count). The average molecular weight is 364 g/mol. The van der Waals surface area contributed by atoms with Crippen molar-refractivity contribution in [2.24, 2.45) is 0 Å². The van der Waals surface area contributed by atoms with Crippen LogP contribution in [0, 0.1) is 0 Å². The number of aliphatic hydroxyl groups excluding tert-OH is 1. The molecule has 1 aliphatic heterocycles. The van der Waals surface area contributed by atoms with Crippen molar-refractivity contribution < 1.29 is 24.5 Å². The van der Waals surface area contributed by atoms with Crippen LogP contribution in [0.3, 0.4) is 0 Å². The number of rotatable bonds is 6. The smallest absolute Gasteiger partial charge is 0.413 e. The minimum absolute atomic E-state index is 0.00972. The van der Waals surface area contributed by atoms with Crippen LogP contribution in [0.4, 0.5) is 4.79 Å². The number of carbonyl (C=O) groups excluding carboxylic acids is 1. The van der Waals surface area contributed by atoms with Crippen molar-refractivity contribution in [1.29, 1.82) is 0 Å². The maximum absolute atomic E-state index is 11.9. The predicted octanol–water partition coefficient (Wildman–Crippen LogP) is 1.98. The summed E-state index contributed by atoms with van der Waals surface area (Å²) < 4.78 is 5.24. The number of hydrogen-bond donors (Lipinski definition) is 3. The molecule has 0 spiro atoms. The Morgan fingerprint density at radius 2 is 2.15 bits per heavy atom. The molecule has 7 nitrogen and oxygen atoms in total. The summed E-state index contributed by atoms with van der Waals surface area (Å²) in [5.74, 6) is -0.952. The summed E-state index contributed by atoms with van der Waals surface area (Å²) in [6.45, 7) is 3.51. The number of carboxylic acids is 1. The molecule has 1 fully saturated rings. The number of likely N-dealkylation sites (N-methyl/N-ethyl adjacent to an activating group) is 1. The molecule has 0 saturated carbocycles. The van der Waals surface area contributed by atoms with Gasteiger partial charge in [0, 0.05) is 12.0 Å². The molecule has 1 aromatic rings. The SMILES string of the molecule is CCC1(c2cccc(OC(=O)N[C@@H](CO)C(=O)O)c2)CCCCN(C)C1. The van der Waals surface area contributed by atoms with Gasteiger partial charge in [-0.15, -0.1) is 0 Å². The summed E-state index contributed by atoms with van der Waals surface area (Å²) in [7, 11) is 2.13. The van der Waals surface area contributed by atoms with Gasteiger partial charge in [0.05, 0.1) is 6.61 Å². The van der Waals surface area contributed by atoms with E-state index in [4.69, 9.17) is 14.9 Å². The molecule has 1 amide bonds. The molecule has 2 atom stereocenters. The number of aliphatic hydroxyl groups is 1. The molecule has 1 aromatic carbocycles. The van der Waals surface area contributed by atoms with E-state index in [-0.39, 0.29) is 5.41 Å². The molecule has 1 saturated heterocycles. The number of carbonyl (C=O) groups is 2. The number of carboxylic acid groups (broad SMARTS) is 1. The van der Waals surface area contributed by atoms with Crippen molar-refractivity contribution in [3.63, 3.8) is 0 Å². The van der Waals surface area contributed by atoms with E-state index in [1.54, 1.807) is 6.07 Å². The summed E-state index contributed by atoms with van der Waals surface area (Å²) in [5, 5.41) is 20.0. The first-order chi connectivity index (χ1) is 12.4. The first kappa shape index (κ1) is 20.2. The lowest BCUT2D eigenvalue weighted by Gasteiger charge is -2.35. The van der Waals surface area contributed by atoms with E-state index in [1.165, 1.54) is 6.42 Å². The molecule has 1 heterocycles. The van der Waals surface area contributed by atoms with Gasteiger partial charge >= 0.3 is 12.1 Å². The first-order valence-electron chi connectivity index (χ1n) is 9.01. The molecule has 0 radical (unpaired) electrons. The summed E-state index contributed by atoms with van der Waals surface area (Å²) in [6, 6.07) is 6.05. The average Bonchev–Trinajstić information content (AvgIpc) is 2.81. The largest absolute Gasteiger partial charge is 0.480 e. The molecule has 26 heavy (non-hydrogen) atoms. The van der Waals surface area contributed by atoms with Crippen LogP contribution in [0.2, 0.25) is 0 Å². The minimum atomic E-state index is -1.39. The van der Waals surface area contributed by atoms with E-state index in [0.29, 0.717) is 5.75 Å². The normalized spacial score (nSPS) is 22.3. The molecule has 0 bridgehead atoms. The van der Waals surface area contributed by atoms with Gasteiger partial charge in [-0.25, -0.2) is 9.59 Å². The predicted molar refractivity (Wildman–Crippen MR) is 97.4 cm³/mol. The molecule has 3 N–H and O–H groups in total. The van der Waals surface area contributed by atoms with Crippen molar-refractivity contribution in [2.45, 2.75) is 44.1 Å².